The number of aromatic nitrogens is 5. The maximum Gasteiger partial charge on any atom is 0.326 e. The SMILES string of the molecule is Nc1nc2ncc(CNc3ccc(C(=O)N[C@@H](CCC(=O)NCCCC(=O)CCC(C(=O)[O-])N4CCN(CC(=O)[O-])CCN(CC(=O)[O-])Cc5cccc(n5)C4)C(=O)O)cc3)nc2c(=O)[nH]1. The maximum absolute atomic E-state index is 12.9. The van der Waals surface area contributed by atoms with E-state index >= 15 is 0 Å². The highest BCUT2D eigenvalue weighted by molar-refractivity contribution is 5.97. The molecule has 0 fully saturated rings. The first-order chi connectivity index (χ1) is 31.5. The van der Waals surface area contributed by atoms with Gasteiger partial charge in [-0.05, 0) is 55.7 Å². The molecule has 2 bridgehead atoms. The molecule has 1 aromatic carbocycles. The van der Waals surface area contributed by atoms with Gasteiger partial charge < -0.3 is 56.5 Å². The number of ketones is 1. The van der Waals surface area contributed by atoms with Crippen LogP contribution < -0.4 is 42.6 Å². The molecule has 7 N–H and O–H groups in total. The molecule has 66 heavy (non-hydrogen) atoms. The van der Waals surface area contributed by atoms with Crippen LogP contribution in [-0.2, 0) is 48.4 Å². The number of nitrogens with zero attached hydrogens (tertiary/aromatic N) is 7. The Hall–Kier alpha value is -7.44. The minimum Gasteiger partial charge on any atom is -0.549 e. The molecule has 0 saturated heterocycles. The Labute approximate surface area is 376 Å². The standard InChI is InChI=1S/C42H52N12O12/c43-42-50-37-36(39(62)51-42)48-29(20-46-37)19-45-26-8-6-25(7-9-26)38(61)49-31(40(63)64)11-13-33(56)44-14-2-5-30(55)10-12-32(41(65)66)54-18-17-52(23-34(57)58)15-16-53(24-35(59)60)21-27-3-1-4-28(22-54)47-27/h1,3-4,6-9,20,31-32,45H,2,5,10-19,21-24H2,(H,44,56)(H,49,61)(H,57,58)(H,59,60)(H,63,64)(H,65,66)(H3,43,46,50,51,62)/p-3/t31-,32?/m0/s1. The van der Waals surface area contributed by atoms with Crippen LogP contribution in [0.15, 0.2) is 53.5 Å². The Morgan fingerprint density at radius 2 is 1.50 bits per heavy atom. The van der Waals surface area contributed by atoms with Crippen molar-refractivity contribution in [1.82, 2.24) is 50.3 Å². The lowest BCUT2D eigenvalue weighted by molar-refractivity contribution is -0.313. The van der Waals surface area contributed by atoms with Gasteiger partial charge in [-0.15, -0.1) is 0 Å². The van der Waals surface area contributed by atoms with Gasteiger partial charge in [0.1, 0.15) is 11.8 Å². The van der Waals surface area contributed by atoms with Gasteiger partial charge in [0.15, 0.2) is 11.2 Å². The molecule has 0 saturated carbocycles. The van der Waals surface area contributed by atoms with Gasteiger partial charge in [0.05, 0.1) is 53.8 Å². The predicted octanol–water partition coefficient (Wildman–Crippen LogP) is -4.25. The predicted molar refractivity (Wildman–Crippen MR) is 226 cm³/mol. The molecule has 0 radical (unpaired) electrons. The highest BCUT2D eigenvalue weighted by Gasteiger charge is 2.25. The third kappa shape index (κ3) is 15.7. The molecule has 4 heterocycles. The number of carbonyl (C=O) groups is 7. The number of nitrogen functional groups attached to an aromatic ring is 1. The summed E-state index contributed by atoms with van der Waals surface area (Å²) in [7, 11) is 0. The summed E-state index contributed by atoms with van der Waals surface area (Å²) in [5, 5.41) is 53.2. The third-order valence-electron chi connectivity index (χ3n) is 10.5. The third-order valence-corrected chi connectivity index (χ3v) is 10.5. The van der Waals surface area contributed by atoms with Crippen LogP contribution in [-0.4, -0.2) is 144 Å². The van der Waals surface area contributed by atoms with E-state index in [1.54, 1.807) is 40.1 Å². The van der Waals surface area contributed by atoms with Gasteiger partial charge in [-0.3, -0.25) is 43.8 Å². The van der Waals surface area contributed by atoms with Gasteiger partial charge in [0.25, 0.3) is 11.5 Å². The molecule has 24 heteroatoms. The summed E-state index contributed by atoms with van der Waals surface area (Å²) in [5.41, 5.74) is 7.26. The van der Waals surface area contributed by atoms with Crippen LogP contribution in [0, 0.1) is 0 Å². The molecule has 352 valence electrons. The van der Waals surface area contributed by atoms with Crippen molar-refractivity contribution in [3.63, 3.8) is 0 Å². The Balaban J connectivity index is 1.05. The molecule has 24 nitrogen and oxygen atoms in total. The van der Waals surface area contributed by atoms with E-state index in [0.717, 1.165) is 0 Å². The average Bonchev–Trinajstić information content (AvgIpc) is 3.26. The van der Waals surface area contributed by atoms with Crippen LogP contribution in [0.25, 0.3) is 11.2 Å². The molecular weight excluding hydrogens is 865 g/mol. The number of fused-ring (bicyclic) bond motifs is 3. The maximum atomic E-state index is 12.9. The van der Waals surface area contributed by atoms with E-state index in [-0.39, 0.29) is 119 Å². The van der Waals surface area contributed by atoms with Gasteiger partial charge in [-0.1, -0.05) is 6.07 Å². The van der Waals surface area contributed by atoms with E-state index in [9.17, 15) is 58.8 Å². The second-order valence-corrected chi connectivity index (χ2v) is 15.5. The number of pyridine rings is 1. The van der Waals surface area contributed by atoms with Gasteiger partial charge >= 0.3 is 5.97 Å². The largest absolute Gasteiger partial charge is 0.549 e. The van der Waals surface area contributed by atoms with Crippen molar-refractivity contribution in [2.24, 2.45) is 0 Å². The summed E-state index contributed by atoms with van der Waals surface area (Å²) in [6, 6.07) is 8.53. The monoisotopic (exact) mass is 913 g/mol. The number of rotatable bonds is 22. The van der Waals surface area contributed by atoms with Crippen LogP contribution in [0.3, 0.4) is 0 Å². The number of aliphatic carboxylic acids is 4. The van der Waals surface area contributed by atoms with E-state index in [1.165, 1.54) is 23.2 Å². The van der Waals surface area contributed by atoms with Gasteiger partial charge in [-0.2, -0.15) is 4.98 Å². The number of carboxylic acids is 4. The number of hydrogen-bond donors (Lipinski definition) is 6. The lowest BCUT2D eigenvalue weighted by Crippen LogP contribution is -2.52. The number of amides is 2. The number of benzene rings is 1. The lowest BCUT2D eigenvalue weighted by Gasteiger charge is -2.35. The molecule has 0 spiro atoms. The van der Waals surface area contributed by atoms with E-state index in [1.807, 2.05) is 0 Å². The molecule has 4 aromatic rings. The minimum absolute atomic E-state index is 0.000174. The topological polar surface area (TPSA) is 365 Å². The first-order valence-corrected chi connectivity index (χ1v) is 20.9. The molecule has 2 amide bonds. The van der Waals surface area contributed by atoms with Gasteiger partial charge in [-0.25, -0.2) is 14.8 Å². The van der Waals surface area contributed by atoms with Crippen molar-refractivity contribution < 1.29 is 54.0 Å². The molecular formula is C42H49N12O12-3. The number of nitrogens with two attached hydrogens (primary N) is 1. The highest BCUT2D eigenvalue weighted by atomic mass is 16.4. The molecule has 5 rings (SSSR count). The first-order valence-electron chi connectivity index (χ1n) is 20.9. The lowest BCUT2D eigenvalue weighted by atomic mass is 10.0. The second kappa shape index (κ2) is 24.0. The number of carbonyl (C=O) groups excluding carboxylic acids is 6. The Kier molecular flexibility index (Phi) is 18.0. The smallest absolute Gasteiger partial charge is 0.326 e. The molecule has 1 aliphatic heterocycles. The van der Waals surface area contributed by atoms with Crippen molar-refractivity contribution in [3.05, 3.63) is 81.7 Å². The summed E-state index contributed by atoms with van der Waals surface area (Å²) in [5.74, 6) is -7.03. The summed E-state index contributed by atoms with van der Waals surface area (Å²) < 4.78 is 0. The quantitative estimate of drug-likeness (QED) is 0.0407. The van der Waals surface area contributed by atoms with Crippen LogP contribution >= 0.6 is 0 Å². The fraction of sp³-hybridized carbons (Fsp3) is 0.429. The van der Waals surface area contributed by atoms with Crippen molar-refractivity contribution in [2.75, 3.05) is 56.9 Å². The van der Waals surface area contributed by atoms with Crippen LogP contribution in [0.1, 0.15) is 66.0 Å². The highest BCUT2D eigenvalue weighted by Crippen LogP contribution is 2.16. The second-order valence-electron chi connectivity index (χ2n) is 15.5. The van der Waals surface area contributed by atoms with Crippen LogP contribution in [0.4, 0.5) is 11.6 Å². The van der Waals surface area contributed by atoms with Crippen LogP contribution in [0.2, 0.25) is 0 Å². The Morgan fingerprint density at radius 3 is 2.20 bits per heavy atom. The zero-order valence-electron chi connectivity index (χ0n) is 35.7. The number of anilines is 2. The van der Waals surface area contributed by atoms with E-state index in [4.69, 9.17) is 5.73 Å². The van der Waals surface area contributed by atoms with E-state index < -0.39 is 66.4 Å². The number of aromatic amines is 1. The van der Waals surface area contributed by atoms with Crippen molar-refractivity contribution in [1.29, 1.82) is 0 Å². The summed E-state index contributed by atoms with van der Waals surface area (Å²) in [6.45, 7) is -0.127. The average molecular weight is 914 g/mol. The zero-order valence-corrected chi connectivity index (χ0v) is 35.7. The molecule has 0 aliphatic carbocycles. The number of nitrogens with one attached hydrogen (secondary N) is 4. The zero-order chi connectivity index (χ0) is 47.8. The van der Waals surface area contributed by atoms with Gasteiger partial charge in [0, 0.05) is 89.4 Å². The van der Waals surface area contributed by atoms with Crippen molar-refractivity contribution in [3.8, 4) is 0 Å². The summed E-state index contributed by atoms with van der Waals surface area (Å²) >= 11 is 0. The summed E-state index contributed by atoms with van der Waals surface area (Å²) in [4.78, 5) is 122. The van der Waals surface area contributed by atoms with E-state index in [2.05, 4.69) is 40.9 Å². The number of H-pyrrole nitrogens is 1. The first kappa shape index (κ1) is 49.6. The fourth-order valence-corrected chi connectivity index (χ4v) is 7.13. The molecule has 1 unspecified atom stereocenters. The molecule has 2 atom stereocenters. The summed E-state index contributed by atoms with van der Waals surface area (Å²) in [6.07, 6.45) is 0.893. The van der Waals surface area contributed by atoms with Crippen molar-refractivity contribution in [2.45, 2.75) is 70.2 Å². The molecule has 1 aliphatic rings. The minimum atomic E-state index is -1.44. The van der Waals surface area contributed by atoms with Gasteiger partial charge in [0.2, 0.25) is 11.9 Å². The fourth-order valence-electron chi connectivity index (χ4n) is 7.13. The number of Topliss-reactive ketones (excluding diaryl/α,β-unsaturated/α-hetero) is 1. The van der Waals surface area contributed by atoms with Crippen LogP contribution in [0.5, 0.6) is 0 Å². The Bertz CT molecular complexity index is 2450. The number of carboxylic acid groups (broad SMARTS) is 4. The normalized spacial score (nSPS) is 14.8. The van der Waals surface area contributed by atoms with E-state index in [0.29, 0.717) is 22.8 Å². The number of hydrogen-bond acceptors (Lipinski definition) is 20. The molecule has 3 aromatic heterocycles. The Morgan fingerprint density at radius 1 is 0.818 bits per heavy atom. The van der Waals surface area contributed by atoms with Crippen molar-refractivity contribution >= 4 is 64.3 Å².